The Balaban J connectivity index is 1.47. The molecular weight excluding hydrogens is 388 g/mol. The molecule has 4 aromatic rings. The molecule has 4 aromatic heterocycles. The molecule has 0 fully saturated rings. The molecular formula is C20H20N6O2S. The van der Waals surface area contributed by atoms with Gasteiger partial charge in [-0.1, -0.05) is 11.3 Å². The van der Waals surface area contributed by atoms with Gasteiger partial charge < -0.3 is 5.11 Å². The predicted molar refractivity (Wildman–Crippen MR) is 108 cm³/mol. The van der Waals surface area contributed by atoms with E-state index in [4.69, 9.17) is 0 Å². The Kier molecular flexibility index (Phi) is 5.32. The molecule has 0 aliphatic heterocycles. The molecule has 0 radical (unpaired) electrons. The zero-order chi connectivity index (χ0) is 20.4. The van der Waals surface area contributed by atoms with Gasteiger partial charge in [-0.05, 0) is 32.0 Å². The molecule has 9 heteroatoms. The van der Waals surface area contributed by atoms with Crippen molar-refractivity contribution in [2.75, 3.05) is 0 Å². The van der Waals surface area contributed by atoms with Gasteiger partial charge in [0.25, 0.3) is 0 Å². The van der Waals surface area contributed by atoms with Crippen LogP contribution in [-0.4, -0.2) is 40.4 Å². The lowest BCUT2D eigenvalue weighted by Gasteiger charge is -2.07. The maximum atomic E-state index is 12.8. The molecule has 0 unspecified atom stereocenters. The molecule has 0 aromatic carbocycles. The van der Waals surface area contributed by atoms with Crippen LogP contribution in [-0.2, 0) is 13.0 Å². The summed E-state index contributed by atoms with van der Waals surface area (Å²) in [6, 6.07) is 7.26. The first-order valence-corrected chi connectivity index (χ1v) is 10.0. The monoisotopic (exact) mass is 408 g/mol. The SMILES string of the molecule is Cc1cc(C(=O)Cn2cc(C[C@H](O)c3ccccn3)nn2)c(C)n1-c1nccs1. The molecule has 1 atom stereocenters. The fourth-order valence-corrected chi connectivity index (χ4v) is 4.03. The van der Waals surface area contributed by atoms with Crippen molar-refractivity contribution in [2.24, 2.45) is 0 Å². The smallest absolute Gasteiger partial charge is 0.193 e. The van der Waals surface area contributed by atoms with E-state index in [1.54, 1.807) is 30.7 Å². The number of carbonyl (C=O) groups excluding carboxylic acids is 1. The van der Waals surface area contributed by atoms with Gasteiger partial charge in [0, 0.05) is 47.3 Å². The molecule has 0 aliphatic carbocycles. The molecule has 1 N–H and O–H groups in total. The van der Waals surface area contributed by atoms with Crippen LogP contribution in [0, 0.1) is 13.8 Å². The van der Waals surface area contributed by atoms with E-state index in [-0.39, 0.29) is 18.7 Å². The first-order chi connectivity index (χ1) is 14.0. The molecule has 4 heterocycles. The van der Waals surface area contributed by atoms with Gasteiger partial charge in [-0.3, -0.25) is 14.3 Å². The average Bonchev–Trinajstić information content (AvgIpc) is 3.44. The molecule has 0 spiro atoms. The number of aryl methyl sites for hydroxylation is 1. The van der Waals surface area contributed by atoms with E-state index >= 15 is 0 Å². The lowest BCUT2D eigenvalue weighted by Crippen LogP contribution is -2.12. The molecule has 0 saturated carbocycles. The third-order valence-electron chi connectivity index (χ3n) is 4.67. The molecule has 8 nitrogen and oxygen atoms in total. The number of Topliss-reactive ketones (excluding diaryl/α,β-unsaturated/α-hetero) is 1. The summed E-state index contributed by atoms with van der Waals surface area (Å²) in [5.41, 5.74) is 3.63. The predicted octanol–water partition coefficient (Wildman–Crippen LogP) is 2.70. The number of nitrogens with zero attached hydrogens (tertiary/aromatic N) is 6. The normalized spacial score (nSPS) is 12.2. The van der Waals surface area contributed by atoms with Crippen LogP contribution in [0.3, 0.4) is 0 Å². The minimum absolute atomic E-state index is 0.0531. The Morgan fingerprint density at radius 1 is 1.24 bits per heavy atom. The largest absolute Gasteiger partial charge is 0.386 e. The minimum atomic E-state index is -0.769. The molecule has 0 saturated heterocycles. The summed E-state index contributed by atoms with van der Waals surface area (Å²) >= 11 is 1.52. The van der Waals surface area contributed by atoms with Crippen molar-refractivity contribution in [1.82, 2.24) is 29.5 Å². The van der Waals surface area contributed by atoms with Crippen molar-refractivity contribution in [3.8, 4) is 5.13 Å². The summed E-state index contributed by atoms with van der Waals surface area (Å²) in [6.07, 6.45) is 4.58. The van der Waals surface area contributed by atoms with Crippen molar-refractivity contribution >= 4 is 17.1 Å². The summed E-state index contributed by atoms with van der Waals surface area (Å²) in [7, 11) is 0. The number of aliphatic hydroxyl groups excluding tert-OH is 1. The number of rotatable bonds is 7. The minimum Gasteiger partial charge on any atom is -0.386 e. The second-order valence-corrected chi connectivity index (χ2v) is 7.61. The molecule has 148 valence electrons. The highest BCUT2D eigenvalue weighted by Gasteiger charge is 2.19. The maximum absolute atomic E-state index is 12.8. The van der Waals surface area contributed by atoms with Gasteiger partial charge in [0.1, 0.15) is 12.6 Å². The number of carbonyl (C=O) groups is 1. The van der Waals surface area contributed by atoms with Gasteiger partial charge in [-0.2, -0.15) is 0 Å². The van der Waals surface area contributed by atoms with Crippen molar-refractivity contribution in [3.05, 3.63) is 76.6 Å². The van der Waals surface area contributed by atoms with Crippen molar-refractivity contribution in [3.63, 3.8) is 0 Å². The number of pyridine rings is 1. The molecule has 4 rings (SSSR count). The van der Waals surface area contributed by atoms with Crippen LogP contribution in [0.5, 0.6) is 0 Å². The quantitative estimate of drug-likeness (QED) is 0.472. The Hall–Kier alpha value is -3.17. The lowest BCUT2D eigenvalue weighted by atomic mass is 10.1. The molecule has 0 aliphatic rings. The van der Waals surface area contributed by atoms with Crippen LogP contribution in [0.1, 0.15) is 39.2 Å². The molecule has 29 heavy (non-hydrogen) atoms. The first kappa shape index (κ1) is 19.2. The van der Waals surface area contributed by atoms with Crippen LogP contribution >= 0.6 is 11.3 Å². The fourth-order valence-electron chi connectivity index (χ4n) is 3.28. The number of aliphatic hydroxyl groups is 1. The zero-order valence-electron chi connectivity index (χ0n) is 16.1. The number of aromatic nitrogens is 6. The fraction of sp³-hybridized carbons (Fsp3) is 0.250. The number of thiazole rings is 1. The van der Waals surface area contributed by atoms with E-state index in [1.165, 1.54) is 16.0 Å². The Morgan fingerprint density at radius 2 is 2.10 bits per heavy atom. The third-order valence-corrected chi connectivity index (χ3v) is 5.42. The summed E-state index contributed by atoms with van der Waals surface area (Å²) in [5, 5.41) is 21.1. The van der Waals surface area contributed by atoms with Gasteiger partial charge in [0.15, 0.2) is 10.9 Å². The van der Waals surface area contributed by atoms with Crippen LogP contribution in [0.4, 0.5) is 0 Å². The van der Waals surface area contributed by atoms with Crippen LogP contribution < -0.4 is 0 Å². The number of hydrogen-bond donors (Lipinski definition) is 1. The van der Waals surface area contributed by atoms with Crippen molar-refractivity contribution in [1.29, 1.82) is 0 Å². The molecule has 0 amide bonds. The average molecular weight is 408 g/mol. The third kappa shape index (κ3) is 4.01. The van der Waals surface area contributed by atoms with Gasteiger partial charge in [0.2, 0.25) is 0 Å². The van der Waals surface area contributed by atoms with E-state index in [1.807, 2.05) is 35.9 Å². The van der Waals surface area contributed by atoms with E-state index < -0.39 is 6.10 Å². The summed E-state index contributed by atoms with van der Waals surface area (Å²) < 4.78 is 3.48. The molecule has 0 bridgehead atoms. The van der Waals surface area contributed by atoms with Crippen LogP contribution in [0.2, 0.25) is 0 Å². The Bertz CT molecular complexity index is 1120. The summed E-state index contributed by atoms with van der Waals surface area (Å²) in [4.78, 5) is 21.3. The van der Waals surface area contributed by atoms with Gasteiger partial charge in [0.05, 0.1) is 11.4 Å². The maximum Gasteiger partial charge on any atom is 0.193 e. The zero-order valence-corrected chi connectivity index (χ0v) is 16.9. The van der Waals surface area contributed by atoms with E-state index in [2.05, 4.69) is 20.3 Å². The highest BCUT2D eigenvalue weighted by molar-refractivity contribution is 7.12. The Morgan fingerprint density at radius 3 is 2.83 bits per heavy atom. The summed E-state index contributed by atoms with van der Waals surface area (Å²) in [6.45, 7) is 3.95. The van der Waals surface area contributed by atoms with Crippen LogP contribution in [0.15, 0.2) is 48.2 Å². The number of ketones is 1. The number of hydrogen-bond acceptors (Lipinski definition) is 7. The topological polar surface area (TPSA) is 98.7 Å². The Labute approximate surface area is 171 Å². The van der Waals surface area contributed by atoms with E-state index in [0.717, 1.165) is 16.5 Å². The van der Waals surface area contributed by atoms with Gasteiger partial charge in [-0.25, -0.2) is 9.67 Å². The standard InChI is InChI=1S/C20H20N6O2S/c1-13-9-16(14(2)26(13)20-22-7-8-29-20)19(28)12-25-11-15(23-24-25)10-18(27)17-5-3-4-6-21-17/h3-9,11,18,27H,10,12H2,1-2H3/t18-/m0/s1. The lowest BCUT2D eigenvalue weighted by molar-refractivity contribution is 0.0966. The van der Waals surface area contributed by atoms with Crippen molar-refractivity contribution < 1.29 is 9.90 Å². The first-order valence-electron chi connectivity index (χ1n) is 9.13. The van der Waals surface area contributed by atoms with Crippen molar-refractivity contribution in [2.45, 2.75) is 32.9 Å². The van der Waals surface area contributed by atoms with E-state index in [0.29, 0.717) is 17.0 Å². The van der Waals surface area contributed by atoms with Gasteiger partial charge >= 0.3 is 0 Å². The highest BCUT2D eigenvalue weighted by atomic mass is 32.1. The summed E-state index contributed by atoms with van der Waals surface area (Å²) in [5.74, 6) is -0.0531. The van der Waals surface area contributed by atoms with Crippen LogP contribution in [0.25, 0.3) is 5.13 Å². The van der Waals surface area contributed by atoms with Gasteiger partial charge in [-0.15, -0.1) is 16.4 Å². The second-order valence-electron chi connectivity index (χ2n) is 6.74. The second kappa shape index (κ2) is 8.06. The highest BCUT2D eigenvalue weighted by Crippen LogP contribution is 2.23. The van der Waals surface area contributed by atoms with E-state index in [9.17, 15) is 9.90 Å².